The summed E-state index contributed by atoms with van der Waals surface area (Å²) < 4.78 is 0. The summed E-state index contributed by atoms with van der Waals surface area (Å²) >= 11 is 11.8. The van der Waals surface area contributed by atoms with Crippen molar-refractivity contribution >= 4 is 28.9 Å². The predicted molar refractivity (Wildman–Crippen MR) is 66.6 cm³/mol. The van der Waals surface area contributed by atoms with Gasteiger partial charge in [-0.3, -0.25) is 10.4 Å². The summed E-state index contributed by atoms with van der Waals surface area (Å²) in [4.78, 5) is 3.97. The Bertz CT molecular complexity index is 524. The first-order valence-electron chi connectivity index (χ1n) is 4.63. The largest absolute Gasteiger partial charge is 0.300 e. The van der Waals surface area contributed by atoms with Gasteiger partial charge in [-0.05, 0) is 30.3 Å². The molecule has 4 heteroatoms. The van der Waals surface area contributed by atoms with Gasteiger partial charge in [-0.2, -0.15) is 0 Å². The standard InChI is InChI=1S/C12H8Cl2N2/c13-9-3-4-10(11(14)6-9)12(15)8-2-1-5-16-7-8/h1-7,15H. The Morgan fingerprint density at radius 2 is 2.00 bits per heavy atom. The maximum Gasteiger partial charge on any atom is 0.0715 e. The summed E-state index contributed by atoms with van der Waals surface area (Å²) in [6.07, 6.45) is 3.30. The Labute approximate surface area is 103 Å². The number of halogens is 2. The highest BCUT2D eigenvalue weighted by molar-refractivity contribution is 6.37. The Hall–Kier alpha value is -1.38. The van der Waals surface area contributed by atoms with Crippen LogP contribution < -0.4 is 0 Å². The van der Waals surface area contributed by atoms with Crippen LogP contribution in [0.4, 0.5) is 0 Å². The van der Waals surface area contributed by atoms with Gasteiger partial charge in [0.2, 0.25) is 0 Å². The number of benzene rings is 1. The number of nitrogens with zero attached hydrogens (tertiary/aromatic N) is 1. The lowest BCUT2D eigenvalue weighted by molar-refractivity contribution is 1.30. The molecular weight excluding hydrogens is 243 g/mol. The van der Waals surface area contributed by atoms with E-state index in [-0.39, 0.29) is 0 Å². The van der Waals surface area contributed by atoms with Gasteiger partial charge in [0, 0.05) is 28.5 Å². The highest BCUT2D eigenvalue weighted by Gasteiger charge is 2.09. The second-order valence-corrected chi connectivity index (χ2v) is 4.08. The van der Waals surface area contributed by atoms with Crippen LogP contribution in [-0.2, 0) is 0 Å². The smallest absolute Gasteiger partial charge is 0.0715 e. The van der Waals surface area contributed by atoms with Crippen LogP contribution in [0.3, 0.4) is 0 Å². The van der Waals surface area contributed by atoms with Crippen molar-refractivity contribution in [3.8, 4) is 0 Å². The lowest BCUT2D eigenvalue weighted by Crippen LogP contribution is -2.02. The maximum absolute atomic E-state index is 8.01. The van der Waals surface area contributed by atoms with E-state index in [1.807, 2.05) is 6.07 Å². The molecule has 0 bridgehead atoms. The highest BCUT2D eigenvalue weighted by atomic mass is 35.5. The van der Waals surface area contributed by atoms with E-state index < -0.39 is 0 Å². The van der Waals surface area contributed by atoms with Crippen LogP contribution in [0.1, 0.15) is 11.1 Å². The molecule has 2 rings (SSSR count). The van der Waals surface area contributed by atoms with Crippen LogP contribution in [0.25, 0.3) is 0 Å². The minimum Gasteiger partial charge on any atom is -0.300 e. The molecule has 0 unspecified atom stereocenters. The summed E-state index contributed by atoms with van der Waals surface area (Å²) in [6, 6.07) is 8.69. The summed E-state index contributed by atoms with van der Waals surface area (Å²) in [5.74, 6) is 0. The van der Waals surface area contributed by atoms with Gasteiger partial charge in [0.1, 0.15) is 0 Å². The summed E-state index contributed by atoms with van der Waals surface area (Å²) in [6.45, 7) is 0. The first-order valence-corrected chi connectivity index (χ1v) is 5.38. The Balaban J connectivity index is 2.42. The Morgan fingerprint density at radius 1 is 1.19 bits per heavy atom. The van der Waals surface area contributed by atoms with Gasteiger partial charge in [-0.15, -0.1) is 0 Å². The van der Waals surface area contributed by atoms with E-state index >= 15 is 0 Å². The molecule has 2 aromatic rings. The number of hydrogen-bond acceptors (Lipinski definition) is 2. The summed E-state index contributed by atoms with van der Waals surface area (Å²) in [5.41, 5.74) is 1.72. The zero-order valence-corrected chi connectivity index (χ0v) is 9.76. The second kappa shape index (κ2) is 4.64. The molecule has 0 amide bonds. The number of hydrogen-bond donors (Lipinski definition) is 1. The van der Waals surface area contributed by atoms with Gasteiger partial charge in [-0.25, -0.2) is 0 Å². The molecule has 0 fully saturated rings. The fraction of sp³-hybridized carbons (Fsp3) is 0. The fourth-order valence-corrected chi connectivity index (χ4v) is 1.86. The van der Waals surface area contributed by atoms with E-state index in [0.29, 0.717) is 21.3 Å². The van der Waals surface area contributed by atoms with Crippen LogP contribution in [0.15, 0.2) is 42.7 Å². The molecule has 0 aliphatic carbocycles. The van der Waals surface area contributed by atoms with E-state index in [1.165, 1.54) is 0 Å². The molecule has 0 radical (unpaired) electrons. The average molecular weight is 251 g/mol. The molecule has 1 aromatic heterocycles. The van der Waals surface area contributed by atoms with Crippen LogP contribution in [0.5, 0.6) is 0 Å². The molecule has 0 atom stereocenters. The molecule has 80 valence electrons. The van der Waals surface area contributed by atoms with E-state index in [4.69, 9.17) is 28.6 Å². The molecule has 16 heavy (non-hydrogen) atoms. The SMILES string of the molecule is N=C(c1cccnc1)c1ccc(Cl)cc1Cl. The maximum atomic E-state index is 8.01. The van der Waals surface area contributed by atoms with Crippen molar-refractivity contribution in [3.63, 3.8) is 0 Å². The molecule has 1 aromatic carbocycles. The number of pyridine rings is 1. The van der Waals surface area contributed by atoms with Crippen LogP contribution in [0.2, 0.25) is 10.0 Å². The van der Waals surface area contributed by atoms with Crippen molar-refractivity contribution in [2.24, 2.45) is 0 Å². The van der Waals surface area contributed by atoms with Crippen LogP contribution in [-0.4, -0.2) is 10.7 Å². The number of nitrogens with one attached hydrogen (secondary N) is 1. The minimum absolute atomic E-state index is 0.342. The van der Waals surface area contributed by atoms with Crippen LogP contribution >= 0.6 is 23.2 Å². The molecule has 2 nitrogen and oxygen atoms in total. The van der Waals surface area contributed by atoms with Gasteiger partial charge in [0.25, 0.3) is 0 Å². The van der Waals surface area contributed by atoms with Gasteiger partial charge in [0.05, 0.1) is 10.7 Å². The van der Waals surface area contributed by atoms with E-state index in [0.717, 1.165) is 5.56 Å². The van der Waals surface area contributed by atoms with Crippen LogP contribution in [0, 0.1) is 5.41 Å². The van der Waals surface area contributed by atoms with Gasteiger partial charge in [-0.1, -0.05) is 23.2 Å². The fourth-order valence-electron chi connectivity index (χ4n) is 1.36. The topological polar surface area (TPSA) is 36.7 Å². The molecule has 1 heterocycles. The first-order chi connectivity index (χ1) is 7.68. The van der Waals surface area contributed by atoms with E-state index in [9.17, 15) is 0 Å². The normalized spacial score (nSPS) is 10.1. The minimum atomic E-state index is 0.342. The zero-order valence-electron chi connectivity index (χ0n) is 8.24. The third-order valence-corrected chi connectivity index (χ3v) is 2.70. The Kier molecular flexibility index (Phi) is 3.22. The van der Waals surface area contributed by atoms with Crippen molar-refractivity contribution in [2.75, 3.05) is 0 Å². The zero-order chi connectivity index (χ0) is 11.5. The van der Waals surface area contributed by atoms with Gasteiger partial charge in [0.15, 0.2) is 0 Å². The summed E-state index contributed by atoms with van der Waals surface area (Å²) in [7, 11) is 0. The van der Waals surface area contributed by atoms with Crippen molar-refractivity contribution < 1.29 is 0 Å². The molecule has 0 spiro atoms. The average Bonchev–Trinajstić information content (AvgIpc) is 2.29. The molecular formula is C12H8Cl2N2. The monoisotopic (exact) mass is 250 g/mol. The molecule has 0 saturated carbocycles. The van der Waals surface area contributed by atoms with Crippen molar-refractivity contribution in [2.45, 2.75) is 0 Å². The van der Waals surface area contributed by atoms with Crippen molar-refractivity contribution in [1.82, 2.24) is 4.98 Å². The lowest BCUT2D eigenvalue weighted by Gasteiger charge is -2.06. The quantitative estimate of drug-likeness (QED) is 0.809. The third-order valence-electron chi connectivity index (χ3n) is 2.15. The van der Waals surface area contributed by atoms with E-state index in [1.54, 1.807) is 36.7 Å². The van der Waals surface area contributed by atoms with E-state index in [2.05, 4.69) is 4.98 Å². The van der Waals surface area contributed by atoms with Gasteiger partial charge >= 0.3 is 0 Å². The van der Waals surface area contributed by atoms with Gasteiger partial charge < -0.3 is 0 Å². The third kappa shape index (κ3) is 2.23. The lowest BCUT2D eigenvalue weighted by atomic mass is 10.0. The van der Waals surface area contributed by atoms with Crippen molar-refractivity contribution in [1.29, 1.82) is 5.41 Å². The Morgan fingerprint density at radius 3 is 2.62 bits per heavy atom. The van der Waals surface area contributed by atoms with Crippen molar-refractivity contribution in [3.05, 3.63) is 63.9 Å². The molecule has 0 aliphatic rings. The second-order valence-electron chi connectivity index (χ2n) is 3.24. The highest BCUT2D eigenvalue weighted by Crippen LogP contribution is 2.23. The molecule has 0 saturated heterocycles. The number of rotatable bonds is 2. The first kappa shape index (κ1) is 11.1. The predicted octanol–water partition coefficient (Wildman–Crippen LogP) is 3.80. The molecule has 1 N–H and O–H groups in total. The summed E-state index contributed by atoms with van der Waals surface area (Å²) in [5, 5.41) is 9.05. The number of aromatic nitrogens is 1. The molecule has 0 aliphatic heterocycles.